The summed E-state index contributed by atoms with van der Waals surface area (Å²) in [7, 11) is -3.60. The summed E-state index contributed by atoms with van der Waals surface area (Å²) < 4.78 is 28.0. The van der Waals surface area contributed by atoms with E-state index in [2.05, 4.69) is 19.9 Å². The van der Waals surface area contributed by atoms with E-state index in [9.17, 15) is 13.2 Å². The molecular weight excluding hydrogens is 412 g/mol. The van der Waals surface area contributed by atoms with Gasteiger partial charge in [-0.3, -0.25) is 4.79 Å². The molecule has 5 rings (SSSR count). The molecule has 2 saturated carbocycles. The van der Waals surface area contributed by atoms with Gasteiger partial charge in [0.2, 0.25) is 10.0 Å². The van der Waals surface area contributed by atoms with E-state index in [1.54, 1.807) is 36.5 Å². The molecule has 7 nitrogen and oxygen atoms in total. The van der Waals surface area contributed by atoms with Crippen LogP contribution >= 0.6 is 0 Å². The van der Waals surface area contributed by atoms with Crippen LogP contribution in [0.25, 0.3) is 0 Å². The number of nitrogens with one attached hydrogen (secondary N) is 2. The molecular formula is C23H28N4O3S. The highest BCUT2D eigenvalue weighted by atomic mass is 32.2. The van der Waals surface area contributed by atoms with Crippen molar-refractivity contribution in [2.75, 3.05) is 23.3 Å². The molecule has 1 spiro atoms. The van der Waals surface area contributed by atoms with E-state index in [0.29, 0.717) is 22.5 Å². The Morgan fingerprint density at radius 2 is 1.84 bits per heavy atom. The smallest absolute Gasteiger partial charge is 0.259 e. The molecule has 3 aliphatic rings. The molecule has 2 aromatic rings. The lowest BCUT2D eigenvalue weighted by Gasteiger charge is -2.33. The third-order valence-electron chi connectivity index (χ3n) is 6.94. The number of piperidine rings is 1. The Kier molecular flexibility index (Phi) is 5.22. The lowest BCUT2D eigenvalue weighted by Crippen LogP contribution is -2.39. The lowest BCUT2D eigenvalue weighted by atomic mass is 9.93. The van der Waals surface area contributed by atoms with Crippen molar-refractivity contribution in [2.24, 2.45) is 5.41 Å². The van der Waals surface area contributed by atoms with Crippen LogP contribution in [0, 0.1) is 5.41 Å². The summed E-state index contributed by atoms with van der Waals surface area (Å²) in [6, 6.07) is 9.95. The van der Waals surface area contributed by atoms with E-state index >= 15 is 0 Å². The minimum absolute atomic E-state index is 0.0144. The molecule has 31 heavy (non-hydrogen) atoms. The van der Waals surface area contributed by atoms with Gasteiger partial charge in [-0.25, -0.2) is 18.1 Å². The molecule has 2 N–H and O–H groups in total. The van der Waals surface area contributed by atoms with Crippen LogP contribution in [0.3, 0.4) is 0 Å². The maximum Gasteiger partial charge on any atom is 0.259 e. The first-order valence-corrected chi connectivity index (χ1v) is 12.6. The van der Waals surface area contributed by atoms with E-state index in [0.717, 1.165) is 45.2 Å². The van der Waals surface area contributed by atoms with Crippen LogP contribution in [-0.4, -0.2) is 38.4 Å². The Balaban J connectivity index is 1.32. The van der Waals surface area contributed by atoms with Gasteiger partial charge in [0, 0.05) is 31.0 Å². The topological polar surface area (TPSA) is 91.4 Å². The standard InChI is InChI=1S/C23H28N4O3S/c28-22(20-8-3-13-24-21(20)27-14-11-23(9-10-23)12-15-27)25-18-6-2-7-19(16-18)31(29,30)26-17-4-1-5-17/h2-3,6-8,13,16-17,26H,1,4-5,9-12,14-15H2,(H,25,28). The molecule has 8 heteroatoms. The number of carbonyl (C=O) groups excluding carboxylic acids is 1. The van der Waals surface area contributed by atoms with E-state index in [4.69, 9.17) is 0 Å². The summed E-state index contributed by atoms with van der Waals surface area (Å²) in [5, 5.41) is 2.86. The van der Waals surface area contributed by atoms with Gasteiger partial charge in [-0.05, 0) is 74.3 Å². The Morgan fingerprint density at radius 3 is 2.52 bits per heavy atom. The first-order chi connectivity index (χ1) is 14.9. The van der Waals surface area contributed by atoms with Crippen molar-refractivity contribution in [3.63, 3.8) is 0 Å². The summed E-state index contributed by atoms with van der Waals surface area (Å²) in [5.41, 5.74) is 1.51. The third kappa shape index (κ3) is 4.32. The Labute approximate surface area is 183 Å². The maximum absolute atomic E-state index is 13.1. The molecule has 0 radical (unpaired) electrons. The summed E-state index contributed by atoms with van der Waals surface area (Å²) in [4.78, 5) is 19.9. The molecule has 164 valence electrons. The van der Waals surface area contributed by atoms with Gasteiger partial charge in [0.15, 0.2) is 0 Å². The summed E-state index contributed by atoms with van der Waals surface area (Å²) >= 11 is 0. The highest BCUT2D eigenvalue weighted by Crippen LogP contribution is 2.53. The zero-order valence-electron chi connectivity index (χ0n) is 17.5. The number of nitrogens with zero attached hydrogens (tertiary/aromatic N) is 2. The number of rotatable bonds is 6. The number of aromatic nitrogens is 1. The number of carbonyl (C=O) groups is 1. The van der Waals surface area contributed by atoms with Crippen LogP contribution in [0.1, 0.15) is 55.3 Å². The summed E-state index contributed by atoms with van der Waals surface area (Å²) in [6.07, 6.45) is 9.46. The number of benzene rings is 1. The fourth-order valence-corrected chi connectivity index (χ4v) is 5.80. The van der Waals surface area contributed by atoms with E-state index in [1.165, 1.54) is 18.9 Å². The zero-order valence-corrected chi connectivity index (χ0v) is 18.3. The van der Waals surface area contributed by atoms with Crippen molar-refractivity contribution in [3.05, 3.63) is 48.2 Å². The molecule has 1 aliphatic heterocycles. The van der Waals surface area contributed by atoms with Crippen molar-refractivity contribution in [1.82, 2.24) is 9.71 Å². The first-order valence-electron chi connectivity index (χ1n) is 11.1. The Bertz CT molecular complexity index is 1080. The Hall–Kier alpha value is -2.45. The van der Waals surface area contributed by atoms with Crippen LogP contribution in [-0.2, 0) is 10.0 Å². The molecule has 0 bridgehead atoms. The average molecular weight is 441 g/mol. The van der Waals surface area contributed by atoms with Crippen LogP contribution in [0.5, 0.6) is 0 Å². The predicted molar refractivity (Wildman–Crippen MR) is 120 cm³/mol. The molecule has 0 atom stereocenters. The van der Waals surface area contributed by atoms with Crippen LogP contribution in [0.4, 0.5) is 11.5 Å². The third-order valence-corrected chi connectivity index (χ3v) is 8.46. The minimum atomic E-state index is -3.60. The lowest BCUT2D eigenvalue weighted by molar-refractivity contribution is 0.102. The fraction of sp³-hybridized carbons (Fsp3) is 0.478. The zero-order chi connectivity index (χ0) is 21.5. The fourth-order valence-electron chi connectivity index (χ4n) is 4.45. The number of anilines is 2. The minimum Gasteiger partial charge on any atom is -0.356 e. The summed E-state index contributed by atoms with van der Waals surface area (Å²) in [5.74, 6) is 0.419. The van der Waals surface area contributed by atoms with Gasteiger partial charge in [-0.2, -0.15) is 0 Å². The summed E-state index contributed by atoms with van der Waals surface area (Å²) in [6.45, 7) is 1.83. The van der Waals surface area contributed by atoms with Gasteiger partial charge in [-0.15, -0.1) is 0 Å². The van der Waals surface area contributed by atoms with Crippen LogP contribution in [0.15, 0.2) is 47.5 Å². The van der Waals surface area contributed by atoms with Gasteiger partial charge < -0.3 is 10.2 Å². The van der Waals surface area contributed by atoms with Gasteiger partial charge >= 0.3 is 0 Å². The molecule has 1 aromatic heterocycles. The molecule has 2 aliphatic carbocycles. The van der Waals surface area contributed by atoms with E-state index < -0.39 is 10.0 Å². The van der Waals surface area contributed by atoms with Gasteiger partial charge in [0.25, 0.3) is 5.91 Å². The Morgan fingerprint density at radius 1 is 1.06 bits per heavy atom. The first kappa shape index (κ1) is 20.5. The SMILES string of the molecule is O=C(Nc1cccc(S(=O)(=O)NC2CCC2)c1)c1cccnc1N1CCC2(CC1)CC2. The molecule has 1 amide bonds. The molecule has 2 heterocycles. The average Bonchev–Trinajstić information content (AvgIpc) is 3.50. The highest BCUT2D eigenvalue weighted by molar-refractivity contribution is 7.89. The number of hydrogen-bond acceptors (Lipinski definition) is 5. The van der Waals surface area contributed by atoms with E-state index in [-0.39, 0.29) is 16.8 Å². The molecule has 3 fully saturated rings. The molecule has 1 aromatic carbocycles. The second-order valence-corrected chi connectivity index (χ2v) is 10.8. The van der Waals surface area contributed by atoms with Crippen molar-refractivity contribution >= 4 is 27.4 Å². The van der Waals surface area contributed by atoms with E-state index in [1.807, 2.05) is 0 Å². The van der Waals surface area contributed by atoms with Crippen molar-refractivity contribution in [1.29, 1.82) is 0 Å². The van der Waals surface area contributed by atoms with Crippen LogP contribution in [0.2, 0.25) is 0 Å². The predicted octanol–water partition coefficient (Wildman–Crippen LogP) is 3.55. The number of amides is 1. The largest absolute Gasteiger partial charge is 0.356 e. The number of pyridine rings is 1. The monoisotopic (exact) mass is 440 g/mol. The van der Waals surface area contributed by atoms with Crippen LogP contribution < -0.4 is 14.9 Å². The highest BCUT2D eigenvalue weighted by Gasteiger charge is 2.44. The second kappa shape index (κ2) is 7.91. The number of hydrogen-bond donors (Lipinski definition) is 2. The van der Waals surface area contributed by atoms with Gasteiger partial charge in [0.05, 0.1) is 10.5 Å². The van der Waals surface area contributed by atoms with Gasteiger partial charge in [-0.1, -0.05) is 12.5 Å². The quantitative estimate of drug-likeness (QED) is 0.717. The normalized spacial score (nSPS) is 20.3. The van der Waals surface area contributed by atoms with Crippen molar-refractivity contribution < 1.29 is 13.2 Å². The second-order valence-electron chi connectivity index (χ2n) is 9.09. The van der Waals surface area contributed by atoms with Crippen molar-refractivity contribution in [2.45, 2.75) is 55.9 Å². The van der Waals surface area contributed by atoms with Gasteiger partial charge in [0.1, 0.15) is 5.82 Å². The number of sulfonamides is 1. The molecule has 1 saturated heterocycles. The maximum atomic E-state index is 13.1. The molecule has 0 unspecified atom stereocenters. The van der Waals surface area contributed by atoms with Crippen molar-refractivity contribution in [3.8, 4) is 0 Å².